The third-order valence-electron chi connectivity index (χ3n) is 2.33. The molecule has 1 amide bonds. The smallest absolute Gasteiger partial charge is 0.296 e. The first-order valence-electron chi connectivity index (χ1n) is 5.06. The highest BCUT2D eigenvalue weighted by Crippen LogP contribution is 2.35. The van der Waals surface area contributed by atoms with Crippen LogP contribution in [0.4, 0.5) is 5.69 Å². The lowest BCUT2D eigenvalue weighted by molar-refractivity contribution is -0.112. The van der Waals surface area contributed by atoms with E-state index < -0.39 is 11.7 Å². The van der Waals surface area contributed by atoms with Crippen LogP contribution in [0.3, 0.4) is 0 Å². The van der Waals surface area contributed by atoms with Gasteiger partial charge in [-0.3, -0.25) is 9.59 Å². The number of benzene rings is 1. The van der Waals surface area contributed by atoms with Crippen molar-refractivity contribution >= 4 is 45.1 Å². The van der Waals surface area contributed by atoms with Crippen molar-refractivity contribution in [1.82, 2.24) is 0 Å². The van der Waals surface area contributed by atoms with Crippen molar-refractivity contribution < 1.29 is 14.7 Å². The Labute approximate surface area is 111 Å². The molecule has 90 valence electrons. The molecule has 0 atom stereocenters. The van der Waals surface area contributed by atoms with E-state index in [-0.39, 0.29) is 6.61 Å². The molecule has 1 aromatic rings. The maximum atomic E-state index is 11.4. The number of thioether (sulfide) groups is 1. The number of ketones is 1. The second kappa shape index (κ2) is 5.20. The zero-order valence-electron chi connectivity index (χ0n) is 8.83. The third-order valence-corrected chi connectivity index (χ3v) is 4.39. The number of aliphatic hydroxyl groups excluding tert-OH is 1. The molecule has 0 saturated carbocycles. The Morgan fingerprint density at radius 3 is 2.82 bits per heavy atom. The Morgan fingerprint density at radius 2 is 2.12 bits per heavy atom. The highest BCUT2D eigenvalue weighted by atomic mass is 79.9. The second-order valence-corrected chi connectivity index (χ2v) is 5.53. The summed E-state index contributed by atoms with van der Waals surface area (Å²) in [5, 5.41) is 11.2. The number of nitrogens with one attached hydrogen (secondary N) is 1. The van der Waals surface area contributed by atoms with Crippen molar-refractivity contribution in [3.8, 4) is 0 Å². The van der Waals surface area contributed by atoms with E-state index in [2.05, 4.69) is 21.2 Å². The Balaban J connectivity index is 2.24. The molecule has 0 unspecified atom stereocenters. The summed E-state index contributed by atoms with van der Waals surface area (Å²) in [5.74, 6) is -0.285. The maximum absolute atomic E-state index is 11.4. The molecule has 0 fully saturated rings. The average Bonchev–Trinajstić information content (AvgIpc) is 2.56. The van der Waals surface area contributed by atoms with Gasteiger partial charge in [0.15, 0.2) is 0 Å². The molecule has 1 aliphatic heterocycles. The molecule has 17 heavy (non-hydrogen) atoms. The topological polar surface area (TPSA) is 66.4 Å². The van der Waals surface area contributed by atoms with Crippen LogP contribution in [-0.2, 0) is 4.79 Å². The largest absolute Gasteiger partial charge is 0.396 e. The van der Waals surface area contributed by atoms with E-state index in [1.54, 1.807) is 23.9 Å². The summed E-state index contributed by atoms with van der Waals surface area (Å²) in [7, 11) is 0. The summed E-state index contributed by atoms with van der Waals surface area (Å²) >= 11 is 4.95. The number of amides is 1. The monoisotopic (exact) mass is 315 g/mol. The van der Waals surface area contributed by atoms with Crippen molar-refractivity contribution in [2.75, 3.05) is 17.7 Å². The summed E-state index contributed by atoms with van der Waals surface area (Å²) in [6.45, 7) is 0.158. The number of anilines is 1. The molecule has 2 rings (SSSR count). The quantitative estimate of drug-likeness (QED) is 0.507. The van der Waals surface area contributed by atoms with Gasteiger partial charge in [-0.25, -0.2) is 0 Å². The van der Waals surface area contributed by atoms with Crippen LogP contribution in [0.25, 0.3) is 0 Å². The summed E-state index contributed by atoms with van der Waals surface area (Å²) < 4.78 is 0.795. The maximum Gasteiger partial charge on any atom is 0.296 e. The van der Waals surface area contributed by atoms with Gasteiger partial charge in [0.1, 0.15) is 0 Å². The third kappa shape index (κ3) is 2.53. The zero-order chi connectivity index (χ0) is 12.4. The zero-order valence-corrected chi connectivity index (χ0v) is 11.2. The number of fused-ring (bicyclic) bond motifs is 1. The van der Waals surface area contributed by atoms with Gasteiger partial charge in [0.05, 0.1) is 11.3 Å². The molecule has 4 nitrogen and oxygen atoms in total. The predicted octanol–water partition coefficient (Wildman–Crippen LogP) is 2.06. The lowest BCUT2D eigenvalue weighted by atomic mass is 10.1. The summed E-state index contributed by atoms with van der Waals surface area (Å²) in [6, 6.07) is 3.45. The second-order valence-electron chi connectivity index (χ2n) is 3.54. The first-order chi connectivity index (χ1) is 8.13. The van der Waals surface area contributed by atoms with Crippen LogP contribution in [0.15, 0.2) is 21.5 Å². The molecular weight excluding hydrogens is 306 g/mol. The van der Waals surface area contributed by atoms with Crippen molar-refractivity contribution in [3.05, 3.63) is 22.2 Å². The van der Waals surface area contributed by atoms with E-state index in [0.29, 0.717) is 17.7 Å². The average molecular weight is 316 g/mol. The number of hydrogen-bond acceptors (Lipinski definition) is 4. The molecule has 0 radical (unpaired) electrons. The Morgan fingerprint density at radius 1 is 1.35 bits per heavy atom. The van der Waals surface area contributed by atoms with Crippen LogP contribution in [0.5, 0.6) is 0 Å². The molecule has 0 spiro atoms. The van der Waals surface area contributed by atoms with Crippen molar-refractivity contribution in [1.29, 1.82) is 0 Å². The van der Waals surface area contributed by atoms with Gasteiger partial charge in [0.25, 0.3) is 11.7 Å². The number of carbonyl (C=O) groups is 2. The molecule has 0 bridgehead atoms. The molecule has 0 saturated heterocycles. The van der Waals surface area contributed by atoms with Crippen LogP contribution in [0.1, 0.15) is 16.8 Å². The Kier molecular flexibility index (Phi) is 3.86. The van der Waals surface area contributed by atoms with Crippen molar-refractivity contribution in [2.45, 2.75) is 11.3 Å². The first kappa shape index (κ1) is 12.6. The number of halogens is 1. The summed E-state index contributed by atoms with van der Waals surface area (Å²) in [5.41, 5.74) is 0.975. The van der Waals surface area contributed by atoms with Gasteiger partial charge in [0, 0.05) is 21.7 Å². The number of rotatable bonds is 4. The molecule has 1 aromatic carbocycles. The van der Waals surface area contributed by atoms with Crippen molar-refractivity contribution in [3.63, 3.8) is 0 Å². The van der Waals surface area contributed by atoms with E-state index in [0.717, 1.165) is 15.1 Å². The van der Waals surface area contributed by atoms with Crippen LogP contribution >= 0.6 is 27.7 Å². The van der Waals surface area contributed by atoms with E-state index >= 15 is 0 Å². The molecule has 0 aliphatic carbocycles. The minimum Gasteiger partial charge on any atom is -0.396 e. The van der Waals surface area contributed by atoms with Gasteiger partial charge >= 0.3 is 0 Å². The predicted molar refractivity (Wildman–Crippen MR) is 69.5 cm³/mol. The normalized spacial score (nSPS) is 13.8. The lowest BCUT2D eigenvalue weighted by Crippen LogP contribution is -2.12. The summed E-state index contributed by atoms with van der Waals surface area (Å²) in [6.07, 6.45) is 0.708. The van der Waals surface area contributed by atoms with Gasteiger partial charge in [-0.2, -0.15) is 0 Å². The van der Waals surface area contributed by atoms with E-state index in [1.165, 1.54) is 0 Å². The number of hydrogen-bond donors (Lipinski definition) is 2. The number of Topliss-reactive ketones (excluding diaryl/α,β-unsaturated/α-hetero) is 1. The van der Waals surface area contributed by atoms with E-state index in [1.807, 2.05) is 0 Å². The van der Waals surface area contributed by atoms with Gasteiger partial charge in [-0.1, -0.05) is 0 Å². The van der Waals surface area contributed by atoms with Gasteiger partial charge in [-0.05, 0) is 34.5 Å². The van der Waals surface area contributed by atoms with E-state index in [9.17, 15) is 9.59 Å². The van der Waals surface area contributed by atoms with Gasteiger partial charge in [0.2, 0.25) is 0 Å². The number of carbonyl (C=O) groups excluding carboxylic acids is 2. The molecular formula is C11H10BrNO3S. The minimum atomic E-state index is -0.579. The van der Waals surface area contributed by atoms with Crippen LogP contribution in [0.2, 0.25) is 0 Å². The van der Waals surface area contributed by atoms with Gasteiger partial charge in [-0.15, -0.1) is 11.8 Å². The Bertz CT molecular complexity index is 490. The number of aliphatic hydroxyl groups is 1. The van der Waals surface area contributed by atoms with Crippen LogP contribution < -0.4 is 5.32 Å². The minimum absolute atomic E-state index is 0.158. The molecule has 6 heteroatoms. The van der Waals surface area contributed by atoms with Crippen LogP contribution in [0, 0.1) is 0 Å². The molecule has 1 heterocycles. The molecule has 2 N–H and O–H groups in total. The van der Waals surface area contributed by atoms with Crippen LogP contribution in [-0.4, -0.2) is 29.2 Å². The fourth-order valence-electron chi connectivity index (χ4n) is 1.50. The fraction of sp³-hybridized carbons (Fsp3) is 0.273. The standard InChI is InChI=1S/C11H10BrNO3S/c12-7-4-6-8(13-11(16)10(6)15)5-9(7)17-3-1-2-14/h4-5,14H,1-3H2,(H,13,15,16). The summed E-state index contributed by atoms with van der Waals surface area (Å²) in [4.78, 5) is 23.6. The van der Waals surface area contributed by atoms with Crippen molar-refractivity contribution in [2.24, 2.45) is 0 Å². The fourth-order valence-corrected chi connectivity index (χ4v) is 3.08. The Hall–Kier alpha value is -0.850. The highest BCUT2D eigenvalue weighted by Gasteiger charge is 2.28. The first-order valence-corrected chi connectivity index (χ1v) is 6.84. The molecule has 0 aromatic heterocycles. The SMILES string of the molecule is O=C1Nc2cc(SCCCO)c(Br)cc2C1=O. The molecule has 1 aliphatic rings. The van der Waals surface area contributed by atoms with E-state index in [4.69, 9.17) is 5.11 Å². The highest BCUT2D eigenvalue weighted by molar-refractivity contribution is 9.10. The van der Waals surface area contributed by atoms with Gasteiger partial charge < -0.3 is 10.4 Å². The lowest BCUT2D eigenvalue weighted by Gasteiger charge is -2.06.